The number of carbonyl (C=O) groups is 1. The lowest BCUT2D eigenvalue weighted by Gasteiger charge is -2.12. The number of rotatable bonds is 12. The Morgan fingerprint density at radius 2 is 1.56 bits per heavy atom. The number of benzene rings is 2. The maximum Gasteiger partial charge on any atom is 0.333 e. The van der Waals surface area contributed by atoms with Crippen molar-refractivity contribution >= 4 is 17.3 Å². The number of ether oxygens (including phenoxy) is 2. The summed E-state index contributed by atoms with van der Waals surface area (Å²) in [6, 6.07) is 17.7. The molecule has 6 nitrogen and oxygen atoms in total. The molecule has 1 aromatic heterocycles. The van der Waals surface area contributed by atoms with E-state index in [1.54, 1.807) is 19.3 Å². The van der Waals surface area contributed by atoms with Crippen LogP contribution in [0.4, 0.5) is 11.4 Å². The van der Waals surface area contributed by atoms with Crippen molar-refractivity contribution in [3.05, 3.63) is 95.8 Å². The van der Waals surface area contributed by atoms with Gasteiger partial charge in [-0.2, -0.15) is 0 Å². The molecule has 6 heteroatoms. The molecule has 2 N–H and O–H groups in total. The van der Waals surface area contributed by atoms with Gasteiger partial charge in [-0.1, -0.05) is 18.4 Å². The first kappa shape index (κ1) is 26.4. The highest BCUT2D eigenvalue weighted by Gasteiger charge is 2.02. The molecule has 0 atom stereocenters. The monoisotopic (exact) mass is 483 g/mol. The minimum absolute atomic E-state index is 0.317. The van der Waals surface area contributed by atoms with Gasteiger partial charge in [0.1, 0.15) is 5.75 Å². The van der Waals surface area contributed by atoms with Crippen LogP contribution in [-0.4, -0.2) is 24.2 Å². The smallest absolute Gasteiger partial charge is 0.333 e. The van der Waals surface area contributed by atoms with Crippen molar-refractivity contribution in [2.45, 2.75) is 39.5 Å². The Morgan fingerprint density at radius 1 is 0.889 bits per heavy atom. The van der Waals surface area contributed by atoms with E-state index in [4.69, 9.17) is 9.47 Å². The molecule has 0 aliphatic heterocycles. The first-order valence-corrected chi connectivity index (χ1v) is 12.1. The Balaban J connectivity index is 1.35. The summed E-state index contributed by atoms with van der Waals surface area (Å²) in [5.41, 5.74) is 11.8. The van der Waals surface area contributed by atoms with Crippen molar-refractivity contribution in [3.63, 3.8) is 0 Å². The van der Waals surface area contributed by atoms with Gasteiger partial charge in [0.15, 0.2) is 0 Å². The zero-order valence-electron chi connectivity index (χ0n) is 21.0. The number of aryl methyl sites for hydroxylation is 1. The van der Waals surface area contributed by atoms with Gasteiger partial charge in [0.2, 0.25) is 0 Å². The van der Waals surface area contributed by atoms with Gasteiger partial charge in [-0.25, -0.2) is 4.79 Å². The van der Waals surface area contributed by atoms with E-state index in [0.717, 1.165) is 59.5 Å². The predicted octanol–water partition coefficient (Wildman–Crippen LogP) is 6.29. The number of nitrogens with one attached hydrogen (secondary N) is 2. The Kier molecular flexibility index (Phi) is 10.4. The van der Waals surface area contributed by atoms with Crippen molar-refractivity contribution in [2.75, 3.05) is 24.1 Å². The standard InChI is InChI=1S/C30H33N3O3/c1-23(2)30(34)36-21-7-5-4-6-20-35-29-14-12-27(13-15-29)32-33-28-11-10-26(24(3)22-28)9-8-25-16-18-31-19-17-25/h10-19,22,32-33H,1,4-7,20-21H2,2-3H3. The van der Waals surface area contributed by atoms with Crippen LogP contribution in [0.2, 0.25) is 0 Å². The van der Waals surface area contributed by atoms with E-state index >= 15 is 0 Å². The maximum atomic E-state index is 11.3. The molecule has 186 valence electrons. The fraction of sp³-hybridized carbons (Fsp3) is 0.267. The van der Waals surface area contributed by atoms with Crippen LogP contribution in [0, 0.1) is 18.8 Å². The van der Waals surface area contributed by atoms with Gasteiger partial charge in [-0.05, 0) is 99.7 Å². The number of esters is 1. The lowest BCUT2D eigenvalue weighted by atomic mass is 10.1. The van der Waals surface area contributed by atoms with Gasteiger partial charge in [0.25, 0.3) is 0 Å². The van der Waals surface area contributed by atoms with Gasteiger partial charge in [0.05, 0.1) is 24.6 Å². The second kappa shape index (κ2) is 14.2. The highest BCUT2D eigenvalue weighted by molar-refractivity contribution is 5.86. The molecular formula is C30H33N3O3. The molecule has 0 fully saturated rings. The lowest BCUT2D eigenvalue weighted by Crippen LogP contribution is -2.08. The average molecular weight is 484 g/mol. The molecule has 36 heavy (non-hydrogen) atoms. The Morgan fingerprint density at radius 3 is 2.25 bits per heavy atom. The third-order valence-corrected chi connectivity index (χ3v) is 5.34. The minimum Gasteiger partial charge on any atom is -0.494 e. The Hall–Kier alpha value is -4.24. The van der Waals surface area contributed by atoms with E-state index in [9.17, 15) is 4.79 Å². The number of aromatic nitrogens is 1. The molecule has 0 aliphatic rings. The summed E-state index contributed by atoms with van der Waals surface area (Å²) < 4.78 is 10.9. The third kappa shape index (κ3) is 9.19. The second-order valence-electron chi connectivity index (χ2n) is 8.47. The summed E-state index contributed by atoms with van der Waals surface area (Å²) in [6.07, 6.45) is 7.32. The van der Waals surface area contributed by atoms with Gasteiger partial charge < -0.3 is 20.3 Å². The van der Waals surface area contributed by atoms with Crippen LogP contribution in [-0.2, 0) is 9.53 Å². The highest BCUT2D eigenvalue weighted by Crippen LogP contribution is 2.18. The van der Waals surface area contributed by atoms with Crippen LogP contribution in [0.1, 0.15) is 49.3 Å². The lowest BCUT2D eigenvalue weighted by molar-refractivity contribution is -0.139. The zero-order valence-corrected chi connectivity index (χ0v) is 21.0. The van der Waals surface area contributed by atoms with Crippen molar-refractivity contribution in [3.8, 4) is 17.6 Å². The maximum absolute atomic E-state index is 11.3. The van der Waals surface area contributed by atoms with E-state index in [2.05, 4.69) is 40.3 Å². The molecule has 0 spiro atoms. The van der Waals surface area contributed by atoms with E-state index < -0.39 is 0 Å². The van der Waals surface area contributed by atoms with E-state index in [-0.39, 0.29) is 5.97 Å². The summed E-state index contributed by atoms with van der Waals surface area (Å²) in [7, 11) is 0. The number of hydrazine groups is 1. The molecule has 0 saturated heterocycles. The van der Waals surface area contributed by atoms with Crippen LogP contribution >= 0.6 is 0 Å². The van der Waals surface area contributed by atoms with Gasteiger partial charge >= 0.3 is 5.97 Å². The van der Waals surface area contributed by atoms with Crippen LogP contribution in [0.15, 0.2) is 79.1 Å². The van der Waals surface area contributed by atoms with E-state index in [1.807, 2.05) is 55.5 Å². The third-order valence-electron chi connectivity index (χ3n) is 5.34. The largest absolute Gasteiger partial charge is 0.494 e. The first-order chi connectivity index (χ1) is 17.5. The summed E-state index contributed by atoms with van der Waals surface area (Å²) in [4.78, 5) is 15.3. The number of carbonyl (C=O) groups excluding carboxylic acids is 1. The number of hydrogen-bond acceptors (Lipinski definition) is 6. The van der Waals surface area contributed by atoms with Crippen LogP contribution in [0.5, 0.6) is 5.75 Å². The van der Waals surface area contributed by atoms with Crippen LogP contribution in [0.3, 0.4) is 0 Å². The fourth-order valence-corrected chi connectivity index (χ4v) is 3.27. The zero-order chi connectivity index (χ0) is 25.6. The minimum atomic E-state index is -0.317. The van der Waals surface area contributed by atoms with Crippen molar-refractivity contribution in [1.82, 2.24) is 4.98 Å². The number of pyridine rings is 1. The Bertz CT molecular complexity index is 1200. The molecule has 0 aliphatic carbocycles. The van der Waals surface area contributed by atoms with Crippen molar-refractivity contribution in [1.29, 1.82) is 0 Å². The van der Waals surface area contributed by atoms with E-state index in [1.165, 1.54) is 0 Å². The molecule has 3 aromatic rings. The van der Waals surface area contributed by atoms with Crippen molar-refractivity contribution in [2.24, 2.45) is 0 Å². The fourth-order valence-electron chi connectivity index (χ4n) is 3.27. The van der Waals surface area contributed by atoms with E-state index in [0.29, 0.717) is 18.8 Å². The summed E-state index contributed by atoms with van der Waals surface area (Å²) >= 11 is 0. The van der Waals surface area contributed by atoms with Crippen LogP contribution < -0.4 is 15.6 Å². The van der Waals surface area contributed by atoms with Gasteiger partial charge in [-0.15, -0.1) is 0 Å². The van der Waals surface area contributed by atoms with Crippen molar-refractivity contribution < 1.29 is 14.3 Å². The molecule has 0 bridgehead atoms. The molecular weight excluding hydrogens is 450 g/mol. The molecule has 0 amide bonds. The second-order valence-corrected chi connectivity index (χ2v) is 8.47. The summed E-state index contributed by atoms with van der Waals surface area (Å²) in [5.74, 6) is 6.90. The molecule has 0 unspecified atom stereocenters. The Labute approximate surface area is 213 Å². The summed E-state index contributed by atoms with van der Waals surface area (Å²) in [6.45, 7) is 8.37. The van der Waals surface area contributed by atoms with Gasteiger partial charge in [-0.3, -0.25) is 4.98 Å². The van der Waals surface area contributed by atoms with Crippen LogP contribution in [0.25, 0.3) is 0 Å². The average Bonchev–Trinajstić information content (AvgIpc) is 2.89. The quantitative estimate of drug-likeness (QED) is 0.104. The number of nitrogens with zero attached hydrogens (tertiary/aromatic N) is 1. The molecule has 0 saturated carbocycles. The molecule has 2 aromatic carbocycles. The molecule has 1 heterocycles. The normalized spacial score (nSPS) is 10.1. The SMILES string of the molecule is C=C(C)C(=O)OCCCCCCOc1ccc(NNc2ccc(C#Cc3ccncc3)c(C)c2)cc1. The number of hydrogen-bond donors (Lipinski definition) is 2. The highest BCUT2D eigenvalue weighted by atomic mass is 16.5. The summed E-state index contributed by atoms with van der Waals surface area (Å²) in [5, 5.41) is 0. The number of unbranched alkanes of at least 4 members (excludes halogenated alkanes) is 3. The van der Waals surface area contributed by atoms with Gasteiger partial charge in [0, 0.05) is 29.1 Å². The predicted molar refractivity (Wildman–Crippen MR) is 145 cm³/mol. The topological polar surface area (TPSA) is 72.5 Å². The first-order valence-electron chi connectivity index (χ1n) is 12.1. The molecule has 3 rings (SSSR count). The molecule has 0 radical (unpaired) electrons. The number of anilines is 2.